The predicted octanol–water partition coefficient (Wildman–Crippen LogP) is 2.79. The van der Waals surface area contributed by atoms with E-state index in [1.165, 1.54) is 0 Å². The lowest BCUT2D eigenvalue weighted by atomic mass is 9.61. The first-order valence-corrected chi connectivity index (χ1v) is 5.72. The minimum absolute atomic E-state index is 0.0475. The lowest BCUT2D eigenvalue weighted by molar-refractivity contribution is 0.00578. The summed E-state index contributed by atoms with van der Waals surface area (Å²) in [6, 6.07) is 0. The zero-order valence-electron chi connectivity index (χ0n) is 10.0. The van der Waals surface area contributed by atoms with Crippen molar-refractivity contribution in [1.29, 1.82) is 0 Å². The van der Waals surface area contributed by atoms with E-state index < -0.39 is 0 Å². The van der Waals surface area contributed by atoms with E-state index in [0.29, 0.717) is 0 Å². The molecule has 1 fully saturated rings. The van der Waals surface area contributed by atoms with Gasteiger partial charge in [-0.15, -0.1) is 0 Å². The molecular formula is C10H21BO2S. The van der Waals surface area contributed by atoms with Gasteiger partial charge >= 0.3 is 7.12 Å². The highest BCUT2D eigenvalue weighted by atomic mass is 32.1. The summed E-state index contributed by atoms with van der Waals surface area (Å²) in [6.45, 7) is 12.5. The number of thiol groups is 1. The van der Waals surface area contributed by atoms with Gasteiger partial charge in [-0.25, -0.2) is 0 Å². The highest BCUT2D eigenvalue weighted by Crippen LogP contribution is 2.44. The molecule has 1 aliphatic rings. The van der Waals surface area contributed by atoms with Crippen LogP contribution in [-0.2, 0) is 9.31 Å². The first-order chi connectivity index (χ1) is 6.12. The molecule has 0 radical (unpaired) electrons. The van der Waals surface area contributed by atoms with E-state index in [0.717, 1.165) is 5.75 Å². The highest BCUT2D eigenvalue weighted by molar-refractivity contribution is 7.80. The summed E-state index contributed by atoms with van der Waals surface area (Å²) in [7, 11) is -0.162. The average Bonchev–Trinajstić information content (AvgIpc) is 2.22. The van der Waals surface area contributed by atoms with Gasteiger partial charge in [-0.1, -0.05) is 13.8 Å². The Morgan fingerprint density at radius 2 is 1.43 bits per heavy atom. The average molecular weight is 216 g/mol. The van der Waals surface area contributed by atoms with E-state index in [1.807, 2.05) is 0 Å². The number of rotatable bonds is 2. The van der Waals surface area contributed by atoms with Crippen molar-refractivity contribution in [1.82, 2.24) is 0 Å². The molecule has 4 heteroatoms. The minimum atomic E-state index is -0.238. The fraction of sp³-hybridized carbons (Fsp3) is 1.00. The maximum atomic E-state index is 5.95. The third kappa shape index (κ3) is 1.97. The van der Waals surface area contributed by atoms with Crippen LogP contribution in [0.5, 0.6) is 0 Å². The Kier molecular flexibility index (Phi) is 3.04. The maximum Gasteiger partial charge on any atom is 0.464 e. The SMILES string of the molecule is CC(C)(CS)B1OC(C)(C)C(C)(C)O1. The lowest BCUT2D eigenvalue weighted by Crippen LogP contribution is -2.41. The molecule has 0 aromatic carbocycles. The molecule has 2 nitrogen and oxygen atoms in total. The van der Waals surface area contributed by atoms with Crippen LogP contribution in [0, 0.1) is 0 Å². The van der Waals surface area contributed by atoms with E-state index in [9.17, 15) is 0 Å². The molecule has 1 heterocycles. The van der Waals surface area contributed by atoms with Crippen molar-refractivity contribution in [2.75, 3.05) is 5.75 Å². The predicted molar refractivity (Wildman–Crippen MR) is 64.0 cm³/mol. The van der Waals surface area contributed by atoms with Gasteiger partial charge in [0.25, 0.3) is 0 Å². The van der Waals surface area contributed by atoms with Gasteiger partial charge in [0.05, 0.1) is 11.2 Å². The Morgan fingerprint density at radius 3 is 1.71 bits per heavy atom. The van der Waals surface area contributed by atoms with Crippen LogP contribution < -0.4 is 0 Å². The van der Waals surface area contributed by atoms with Crippen LogP contribution in [0.2, 0.25) is 5.31 Å². The fourth-order valence-corrected chi connectivity index (χ4v) is 1.39. The zero-order chi connectivity index (χ0) is 11.2. The van der Waals surface area contributed by atoms with E-state index in [1.54, 1.807) is 0 Å². The molecule has 0 atom stereocenters. The molecule has 14 heavy (non-hydrogen) atoms. The molecule has 0 amide bonds. The summed E-state index contributed by atoms with van der Waals surface area (Å²) in [5, 5.41) is -0.0475. The van der Waals surface area contributed by atoms with E-state index >= 15 is 0 Å². The minimum Gasteiger partial charge on any atom is -0.403 e. The molecule has 0 bridgehead atoms. The van der Waals surface area contributed by atoms with Gasteiger partial charge < -0.3 is 9.31 Å². The van der Waals surface area contributed by atoms with Crippen LogP contribution in [0.1, 0.15) is 41.5 Å². The number of hydrogen-bond acceptors (Lipinski definition) is 3. The summed E-state index contributed by atoms with van der Waals surface area (Å²) in [6.07, 6.45) is 0. The van der Waals surface area contributed by atoms with Crippen LogP contribution in [0.3, 0.4) is 0 Å². The summed E-state index contributed by atoms with van der Waals surface area (Å²) < 4.78 is 11.9. The standard InChI is InChI=1S/C10H21BO2S/c1-8(2,7-14)11-12-9(3,4)10(5,6)13-11/h14H,7H2,1-6H3. The first-order valence-electron chi connectivity index (χ1n) is 5.09. The van der Waals surface area contributed by atoms with Gasteiger partial charge in [-0.3, -0.25) is 0 Å². The molecular weight excluding hydrogens is 195 g/mol. The van der Waals surface area contributed by atoms with Crippen LogP contribution in [0.15, 0.2) is 0 Å². The van der Waals surface area contributed by atoms with Crippen LogP contribution >= 0.6 is 12.6 Å². The summed E-state index contributed by atoms with van der Waals surface area (Å²) in [4.78, 5) is 0. The van der Waals surface area contributed by atoms with Crippen LogP contribution in [-0.4, -0.2) is 24.1 Å². The van der Waals surface area contributed by atoms with Crippen molar-refractivity contribution in [2.24, 2.45) is 0 Å². The maximum absolute atomic E-state index is 5.95. The normalized spacial score (nSPS) is 25.5. The Labute approximate surface area is 93.3 Å². The molecule has 0 aliphatic carbocycles. The Bertz CT molecular complexity index is 210. The van der Waals surface area contributed by atoms with Crippen molar-refractivity contribution in [3.8, 4) is 0 Å². The third-order valence-corrected chi connectivity index (χ3v) is 4.11. The molecule has 0 N–H and O–H groups in total. The fourth-order valence-electron chi connectivity index (χ4n) is 1.24. The monoisotopic (exact) mass is 216 g/mol. The molecule has 1 aliphatic heterocycles. The van der Waals surface area contributed by atoms with Gasteiger partial charge in [0.1, 0.15) is 0 Å². The lowest BCUT2D eigenvalue weighted by Gasteiger charge is -2.32. The molecule has 1 saturated heterocycles. The molecule has 82 valence electrons. The smallest absolute Gasteiger partial charge is 0.403 e. The van der Waals surface area contributed by atoms with Crippen molar-refractivity contribution >= 4 is 19.7 Å². The second kappa shape index (κ2) is 3.43. The number of hydrogen-bond donors (Lipinski definition) is 1. The highest BCUT2D eigenvalue weighted by Gasteiger charge is 2.55. The van der Waals surface area contributed by atoms with Gasteiger partial charge in [0, 0.05) is 5.31 Å². The van der Waals surface area contributed by atoms with Gasteiger partial charge in [-0.05, 0) is 33.4 Å². The first kappa shape index (κ1) is 12.4. The zero-order valence-corrected chi connectivity index (χ0v) is 10.9. The second-order valence-electron chi connectivity index (χ2n) is 5.73. The second-order valence-corrected chi connectivity index (χ2v) is 6.05. The van der Waals surface area contributed by atoms with Gasteiger partial charge in [0.15, 0.2) is 0 Å². The van der Waals surface area contributed by atoms with Gasteiger partial charge in [-0.2, -0.15) is 12.6 Å². The van der Waals surface area contributed by atoms with Crippen molar-refractivity contribution in [2.45, 2.75) is 58.1 Å². The van der Waals surface area contributed by atoms with Crippen molar-refractivity contribution < 1.29 is 9.31 Å². The van der Waals surface area contributed by atoms with Gasteiger partial charge in [0.2, 0.25) is 0 Å². The summed E-state index contributed by atoms with van der Waals surface area (Å²) >= 11 is 4.33. The van der Waals surface area contributed by atoms with E-state index in [4.69, 9.17) is 9.31 Å². The topological polar surface area (TPSA) is 18.5 Å². The van der Waals surface area contributed by atoms with Crippen molar-refractivity contribution in [3.05, 3.63) is 0 Å². The Balaban J connectivity index is 2.83. The molecule has 0 unspecified atom stereocenters. The molecule has 0 saturated carbocycles. The largest absolute Gasteiger partial charge is 0.464 e. The van der Waals surface area contributed by atoms with Crippen LogP contribution in [0.4, 0.5) is 0 Å². The molecule has 0 spiro atoms. The molecule has 0 aromatic rings. The van der Waals surface area contributed by atoms with E-state index in [2.05, 4.69) is 54.2 Å². The molecule has 0 aromatic heterocycles. The summed E-state index contributed by atoms with van der Waals surface area (Å²) in [5.41, 5.74) is -0.476. The Hall–Kier alpha value is 0.335. The van der Waals surface area contributed by atoms with Crippen LogP contribution in [0.25, 0.3) is 0 Å². The van der Waals surface area contributed by atoms with Crippen molar-refractivity contribution in [3.63, 3.8) is 0 Å². The Morgan fingerprint density at radius 1 is 1.07 bits per heavy atom. The summed E-state index contributed by atoms with van der Waals surface area (Å²) in [5.74, 6) is 0.754. The van der Waals surface area contributed by atoms with E-state index in [-0.39, 0.29) is 23.6 Å². The quantitative estimate of drug-likeness (QED) is 0.565. The molecule has 1 rings (SSSR count). The third-order valence-electron chi connectivity index (χ3n) is 3.30.